The third-order valence-electron chi connectivity index (χ3n) is 3.23. The fourth-order valence-corrected chi connectivity index (χ4v) is 2.19. The lowest BCUT2D eigenvalue weighted by molar-refractivity contribution is 0.415. The summed E-state index contributed by atoms with van der Waals surface area (Å²) in [6.45, 7) is 0. The van der Waals surface area contributed by atoms with Crippen molar-refractivity contribution in [3.05, 3.63) is 58.4 Å². The molecule has 1 aromatic heterocycles. The summed E-state index contributed by atoms with van der Waals surface area (Å²) in [5.41, 5.74) is 4.72. The van der Waals surface area contributed by atoms with Gasteiger partial charge in [0.15, 0.2) is 11.0 Å². The van der Waals surface area contributed by atoms with Gasteiger partial charge in [0.05, 0.1) is 12.8 Å². The van der Waals surface area contributed by atoms with Crippen LogP contribution in [0, 0.1) is 0 Å². The van der Waals surface area contributed by atoms with E-state index in [1.165, 1.54) is 0 Å². The number of rotatable bonds is 2. The first kappa shape index (κ1) is 11.0. The van der Waals surface area contributed by atoms with Gasteiger partial charge in [0.25, 0.3) is 0 Å². The summed E-state index contributed by atoms with van der Waals surface area (Å²) in [6.07, 6.45) is 5.47. The van der Waals surface area contributed by atoms with Crippen LogP contribution in [0.4, 0.5) is 0 Å². The van der Waals surface area contributed by atoms with E-state index >= 15 is 0 Å². The normalized spacial score (nSPS) is 14.2. The summed E-state index contributed by atoms with van der Waals surface area (Å²) in [4.78, 5) is 17.6. The van der Waals surface area contributed by atoms with Gasteiger partial charge < -0.3 is 4.74 Å². The number of aromatic nitrogens is 2. The minimum atomic E-state index is 0.649. The quantitative estimate of drug-likeness (QED) is 0.817. The molecule has 0 saturated heterocycles. The van der Waals surface area contributed by atoms with Crippen LogP contribution in [0.5, 0.6) is 5.75 Å². The van der Waals surface area contributed by atoms with Crippen molar-refractivity contribution in [2.75, 3.05) is 7.11 Å². The van der Waals surface area contributed by atoms with Gasteiger partial charge in [-0.1, -0.05) is 0 Å². The maximum Gasteiger partial charge on any atom is 0.179 e. The highest BCUT2D eigenvalue weighted by molar-refractivity contribution is 5.82. The summed E-state index contributed by atoms with van der Waals surface area (Å²) < 4.78 is 5.15. The SMILES string of the molecule is COc1ccc(C2=Cc3nc4c(nc3=N2)C=CN=4)cc1. The summed E-state index contributed by atoms with van der Waals surface area (Å²) in [7, 11) is 1.65. The maximum absolute atomic E-state index is 5.15. The second-order valence-corrected chi connectivity index (χ2v) is 4.46. The molecule has 1 aromatic carbocycles. The van der Waals surface area contributed by atoms with E-state index in [1.807, 2.05) is 36.4 Å². The number of ether oxygens (including phenoxy) is 1. The second-order valence-electron chi connectivity index (χ2n) is 4.46. The van der Waals surface area contributed by atoms with Gasteiger partial charge in [0, 0.05) is 11.8 Å². The molecule has 0 spiro atoms. The van der Waals surface area contributed by atoms with Crippen molar-refractivity contribution in [1.82, 2.24) is 9.97 Å². The molecule has 0 atom stereocenters. The van der Waals surface area contributed by atoms with Gasteiger partial charge in [-0.2, -0.15) is 0 Å². The van der Waals surface area contributed by atoms with E-state index in [0.29, 0.717) is 11.0 Å². The minimum absolute atomic E-state index is 0.649. The molecule has 0 saturated carbocycles. The van der Waals surface area contributed by atoms with Crippen LogP contribution in [-0.4, -0.2) is 17.1 Å². The molecule has 5 nitrogen and oxygen atoms in total. The van der Waals surface area contributed by atoms with E-state index in [9.17, 15) is 0 Å². The molecule has 0 fully saturated rings. The van der Waals surface area contributed by atoms with E-state index < -0.39 is 0 Å². The van der Waals surface area contributed by atoms with Crippen LogP contribution < -0.4 is 15.7 Å². The Morgan fingerprint density at radius 2 is 1.75 bits per heavy atom. The molecule has 0 bridgehead atoms. The smallest absolute Gasteiger partial charge is 0.179 e. The Morgan fingerprint density at radius 1 is 0.950 bits per heavy atom. The van der Waals surface area contributed by atoms with Crippen LogP contribution in [0.25, 0.3) is 17.8 Å². The highest BCUT2D eigenvalue weighted by Gasteiger charge is 2.13. The Hall–Kier alpha value is -2.82. The lowest BCUT2D eigenvalue weighted by atomic mass is 10.1. The molecule has 96 valence electrons. The molecular weight excluding hydrogens is 252 g/mol. The van der Waals surface area contributed by atoms with Crippen molar-refractivity contribution in [1.29, 1.82) is 0 Å². The number of fused-ring (bicyclic) bond motifs is 2. The van der Waals surface area contributed by atoms with Crippen molar-refractivity contribution in [2.45, 2.75) is 0 Å². The molecule has 2 aliphatic rings. The monoisotopic (exact) mass is 262 g/mol. The third kappa shape index (κ3) is 1.64. The molecule has 4 rings (SSSR count). The van der Waals surface area contributed by atoms with Crippen molar-refractivity contribution >= 4 is 17.8 Å². The zero-order chi connectivity index (χ0) is 13.5. The fraction of sp³-hybridized carbons (Fsp3) is 0.0667. The number of methoxy groups -OCH3 is 1. The Bertz CT molecular complexity index is 879. The van der Waals surface area contributed by atoms with Gasteiger partial charge in [-0.3, -0.25) is 0 Å². The minimum Gasteiger partial charge on any atom is -0.497 e. The van der Waals surface area contributed by atoms with Crippen molar-refractivity contribution in [2.24, 2.45) is 9.98 Å². The van der Waals surface area contributed by atoms with Gasteiger partial charge in [-0.25, -0.2) is 20.0 Å². The van der Waals surface area contributed by atoms with Gasteiger partial charge in [-0.05, 0) is 36.4 Å². The first-order valence-corrected chi connectivity index (χ1v) is 6.21. The maximum atomic E-state index is 5.15. The summed E-state index contributed by atoms with van der Waals surface area (Å²) >= 11 is 0. The summed E-state index contributed by atoms with van der Waals surface area (Å²) in [6, 6.07) is 7.76. The third-order valence-corrected chi connectivity index (χ3v) is 3.23. The number of nitrogens with zero attached hydrogens (tertiary/aromatic N) is 4. The van der Waals surface area contributed by atoms with E-state index in [1.54, 1.807) is 13.3 Å². The summed E-state index contributed by atoms with van der Waals surface area (Å²) in [5.74, 6) is 0.823. The lowest BCUT2D eigenvalue weighted by Crippen LogP contribution is -2.23. The molecule has 20 heavy (non-hydrogen) atoms. The van der Waals surface area contributed by atoms with Crippen molar-refractivity contribution in [3.63, 3.8) is 0 Å². The van der Waals surface area contributed by atoms with E-state index in [2.05, 4.69) is 20.0 Å². The number of benzene rings is 1. The van der Waals surface area contributed by atoms with Gasteiger partial charge in [0.1, 0.15) is 17.1 Å². The van der Waals surface area contributed by atoms with Crippen LogP contribution in [0.2, 0.25) is 0 Å². The molecule has 0 aliphatic carbocycles. The molecule has 5 heteroatoms. The topological polar surface area (TPSA) is 59.7 Å². The first-order chi connectivity index (χ1) is 9.83. The van der Waals surface area contributed by atoms with E-state index in [0.717, 1.165) is 28.4 Å². The average molecular weight is 262 g/mol. The Labute approximate surface area is 114 Å². The zero-order valence-corrected chi connectivity index (χ0v) is 10.7. The van der Waals surface area contributed by atoms with Crippen LogP contribution in [0.3, 0.4) is 0 Å². The van der Waals surface area contributed by atoms with Crippen molar-refractivity contribution in [3.8, 4) is 5.75 Å². The Morgan fingerprint density at radius 3 is 2.55 bits per heavy atom. The fourth-order valence-electron chi connectivity index (χ4n) is 2.19. The highest BCUT2D eigenvalue weighted by atomic mass is 16.5. The molecule has 0 unspecified atom stereocenters. The molecule has 2 aromatic rings. The number of hydrogen-bond donors (Lipinski definition) is 0. The van der Waals surface area contributed by atoms with Gasteiger partial charge >= 0.3 is 0 Å². The Balaban J connectivity index is 1.79. The van der Waals surface area contributed by atoms with Crippen LogP contribution in [0.1, 0.15) is 17.0 Å². The summed E-state index contributed by atoms with van der Waals surface area (Å²) in [5, 5.41) is 0. The van der Waals surface area contributed by atoms with Crippen LogP contribution >= 0.6 is 0 Å². The largest absolute Gasteiger partial charge is 0.497 e. The lowest BCUT2D eigenvalue weighted by Gasteiger charge is -2.01. The average Bonchev–Trinajstić information content (AvgIpc) is 3.10. The molecule has 0 N–H and O–H groups in total. The van der Waals surface area contributed by atoms with Gasteiger partial charge in [0.2, 0.25) is 0 Å². The predicted molar refractivity (Wildman–Crippen MR) is 74.2 cm³/mol. The van der Waals surface area contributed by atoms with Crippen LogP contribution in [-0.2, 0) is 0 Å². The zero-order valence-electron chi connectivity index (χ0n) is 10.7. The van der Waals surface area contributed by atoms with Crippen molar-refractivity contribution < 1.29 is 4.74 Å². The van der Waals surface area contributed by atoms with Gasteiger partial charge in [-0.15, -0.1) is 0 Å². The van der Waals surface area contributed by atoms with E-state index in [4.69, 9.17) is 4.74 Å². The van der Waals surface area contributed by atoms with Crippen LogP contribution in [0.15, 0.2) is 40.5 Å². The molecular formula is C15H10N4O. The molecule has 2 aliphatic heterocycles. The molecule has 3 heterocycles. The highest BCUT2D eigenvalue weighted by Crippen LogP contribution is 2.22. The standard InChI is InChI=1S/C15H10N4O/c1-20-10-4-2-9(3-5-10)12-8-13-15(18-12)17-11-6-7-16-14(11)19-13/h2-8H,1H3. The predicted octanol–water partition coefficient (Wildman–Crippen LogP) is 1.22. The first-order valence-electron chi connectivity index (χ1n) is 6.21. The molecule has 0 amide bonds. The second kappa shape index (κ2) is 4.09. The van der Waals surface area contributed by atoms with E-state index in [-0.39, 0.29) is 0 Å². The Kier molecular flexibility index (Phi) is 2.26. The molecule has 0 radical (unpaired) electrons. The number of hydrogen-bond acceptors (Lipinski definition) is 5.